The second-order valence-corrected chi connectivity index (χ2v) is 5.11. The number of hydrogen-bond acceptors (Lipinski definition) is 7. The third-order valence-electron chi connectivity index (χ3n) is 3.53. The highest BCUT2D eigenvalue weighted by Crippen LogP contribution is 2.32. The van der Waals surface area contributed by atoms with Crippen LogP contribution in [-0.4, -0.2) is 23.6 Å². The van der Waals surface area contributed by atoms with Gasteiger partial charge in [-0.2, -0.15) is 0 Å². The molecule has 1 aliphatic heterocycles. The molecule has 2 aromatic carbocycles. The summed E-state index contributed by atoms with van der Waals surface area (Å²) in [5.74, 6) is -0.515. The molecule has 0 unspecified atom stereocenters. The molecule has 0 bridgehead atoms. The largest absolute Gasteiger partial charge is 0.457 e. The summed E-state index contributed by atoms with van der Waals surface area (Å²) < 4.78 is 15.4. The maximum absolute atomic E-state index is 12.1. The van der Waals surface area contributed by atoms with Crippen LogP contribution in [0.4, 0.5) is 5.69 Å². The van der Waals surface area contributed by atoms with Gasteiger partial charge in [0.25, 0.3) is 5.69 Å². The van der Waals surface area contributed by atoms with E-state index in [1.165, 1.54) is 24.3 Å². The lowest BCUT2D eigenvalue weighted by atomic mass is 10.1. The Balaban J connectivity index is 1.75. The predicted molar refractivity (Wildman–Crippen MR) is 83.3 cm³/mol. The van der Waals surface area contributed by atoms with Crippen molar-refractivity contribution in [2.75, 3.05) is 6.79 Å². The van der Waals surface area contributed by atoms with Crippen LogP contribution in [0, 0.1) is 10.1 Å². The molecular formula is C16H12N2O7. The third kappa shape index (κ3) is 3.34. The minimum absolute atomic E-state index is 0.00227. The Morgan fingerprint density at radius 1 is 1.12 bits per heavy atom. The number of fused-ring (bicyclic) bond motifs is 1. The van der Waals surface area contributed by atoms with Crippen molar-refractivity contribution in [3.63, 3.8) is 0 Å². The van der Waals surface area contributed by atoms with Gasteiger partial charge >= 0.3 is 5.97 Å². The molecule has 0 fully saturated rings. The van der Waals surface area contributed by atoms with Gasteiger partial charge in [0.05, 0.1) is 16.1 Å². The average molecular weight is 344 g/mol. The number of ether oxygens (including phenoxy) is 3. The van der Waals surface area contributed by atoms with Gasteiger partial charge in [-0.1, -0.05) is 0 Å². The van der Waals surface area contributed by atoms with Crippen molar-refractivity contribution in [2.45, 2.75) is 6.61 Å². The van der Waals surface area contributed by atoms with Gasteiger partial charge in [0.1, 0.15) is 6.61 Å². The number of nitro groups is 1. The standard InChI is InChI=1S/C16H12N2O7/c17-15(19)9-1-2-11(12(5-9)18(21)22)7-23-16(20)10-3-4-13-14(6-10)25-8-24-13/h1-6H,7-8H2,(H2,17,19). The van der Waals surface area contributed by atoms with Gasteiger partial charge < -0.3 is 19.9 Å². The van der Waals surface area contributed by atoms with Crippen LogP contribution in [0.2, 0.25) is 0 Å². The van der Waals surface area contributed by atoms with Gasteiger partial charge in [0.15, 0.2) is 11.5 Å². The summed E-state index contributed by atoms with van der Waals surface area (Å²) in [5.41, 5.74) is 5.12. The van der Waals surface area contributed by atoms with Gasteiger partial charge in [0.2, 0.25) is 12.7 Å². The van der Waals surface area contributed by atoms with Crippen LogP contribution in [0.1, 0.15) is 26.3 Å². The van der Waals surface area contributed by atoms with E-state index in [-0.39, 0.29) is 35.8 Å². The van der Waals surface area contributed by atoms with Gasteiger partial charge in [-0.3, -0.25) is 14.9 Å². The Morgan fingerprint density at radius 3 is 2.56 bits per heavy atom. The summed E-state index contributed by atoms with van der Waals surface area (Å²) in [6.07, 6.45) is 0. The minimum atomic E-state index is -0.785. The van der Waals surface area contributed by atoms with Crippen molar-refractivity contribution in [1.82, 2.24) is 0 Å². The molecule has 25 heavy (non-hydrogen) atoms. The molecule has 9 heteroatoms. The first-order chi connectivity index (χ1) is 12.0. The summed E-state index contributed by atoms with van der Waals surface area (Å²) >= 11 is 0. The number of benzene rings is 2. The van der Waals surface area contributed by atoms with Crippen molar-refractivity contribution in [1.29, 1.82) is 0 Å². The molecule has 0 radical (unpaired) electrons. The smallest absolute Gasteiger partial charge is 0.338 e. The number of nitrogens with zero attached hydrogens (tertiary/aromatic N) is 1. The average Bonchev–Trinajstić information content (AvgIpc) is 3.06. The number of nitrogens with two attached hydrogens (primary N) is 1. The summed E-state index contributed by atoms with van der Waals surface area (Å²) in [4.78, 5) is 33.7. The summed E-state index contributed by atoms with van der Waals surface area (Å²) in [7, 11) is 0. The number of rotatable bonds is 5. The summed E-state index contributed by atoms with van der Waals surface area (Å²) in [6.45, 7) is -0.255. The quantitative estimate of drug-likeness (QED) is 0.497. The number of amides is 1. The lowest BCUT2D eigenvalue weighted by Gasteiger charge is -2.07. The topological polar surface area (TPSA) is 131 Å². The predicted octanol–water partition coefficient (Wildman–Crippen LogP) is 1.78. The van der Waals surface area contributed by atoms with Crippen LogP contribution in [0.5, 0.6) is 11.5 Å². The number of esters is 1. The fourth-order valence-corrected chi connectivity index (χ4v) is 2.26. The SMILES string of the molecule is NC(=O)c1ccc(COC(=O)c2ccc3c(c2)OCO3)c([N+](=O)[O-])c1. The van der Waals surface area contributed by atoms with E-state index >= 15 is 0 Å². The van der Waals surface area contributed by atoms with E-state index in [1.807, 2.05) is 0 Å². The monoisotopic (exact) mass is 344 g/mol. The van der Waals surface area contributed by atoms with E-state index in [9.17, 15) is 19.7 Å². The van der Waals surface area contributed by atoms with E-state index in [0.717, 1.165) is 6.07 Å². The van der Waals surface area contributed by atoms with Crippen LogP contribution >= 0.6 is 0 Å². The van der Waals surface area contributed by atoms with Crippen LogP contribution in [0.15, 0.2) is 36.4 Å². The van der Waals surface area contributed by atoms with E-state index in [1.54, 1.807) is 6.07 Å². The molecule has 0 saturated carbocycles. The molecule has 0 atom stereocenters. The second kappa shape index (κ2) is 6.48. The van der Waals surface area contributed by atoms with Crippen molar-refractivity contribution < 1.29 is 28.7 Å². The molecule has 1 amide bonds. The van der Waals surface area contributed by atoms with Crippen molar-refractivity contribution >= 4 is 17.6 Å². The molecule has 9 nitrogen and oxygen atoms in total. The Kier molecular flexibility index (Phi) is 4.21. The molecular weight excluding hydrogens is 332 g/mol. The zero-order chi connectivity index (χ0) is 18.0. The van der Waals surface area contributed by atoms with Crippen LogP contribution in [-0.2, 0) is 11.3 Å². The van der Waals surface area contributed by atoms with E-state index in [0.29, 0.717) is 11.5 Å². The second-order valence-electron chi connectivity index (χ2n) is 5.11. The lowest BCUT2D eigenvalue weighted by molar-refractivity contribution is -0.385. The summed E-state index contributed by atoms with van der Waals surface area (Å²) in [6, 6.07) is 8.25. The number of carbonyl (C=O) groups is 2. The molecule has 1 aliphatic rings. The van der Waals surface area contributed by atoms with Crippen LogP contribution in [0.25, 0.3) is 0 Å². The van der Waals surface area contributed by atoms with Gasteiger partial charge in [-0.25, -0.2) is 4.79 Å². The Hall–Kier alpha value is -3.62. The fraction of sp³-hybridized carbons (Fsp3) is 0.125. The van der Waals surface area contributed by atoms with Crippen molar-refractivity contribution in [3.05, 3.63) is 63.2 Å². The van der Waals surface area contributed by atoms with Crippen LogP contribution in [0.3, 0.4) is 0 Å². The van der Waals surface area contributed by atoms with Crippen molar-refractivity contribution in [3.8, 4) is 11.5 Å². The van der Waals surface area contributed by atoms with E-state index in [2.05, 4.69) is 0 Å². The van der Waals surface area contributed by atoms with Crippen molar-refractivity contribution in [2.24, 2.45) is 5.73 Å². The number of primary amides is 1. The summed E-state index contributed by atoms with van der Waals surface area (Å²) in [5, 5.41) is 11.1. The Morgan fingerprint density at radius 2 is 1.84 bits per heavy atom. The van der Waals surface area contributed by atoms with Crippen LogP contribution < -0.4 is 15.2 Å². The number of hydrogen-bond donors (Lipinski definition) is 1. The van der Waals surface area contributed by atoms with Gasteiger partial charge in [-0.15, -0.1) is 0 Å². The molecule has 128 valence electrons. The molecule has 0 saturated heterocycles. The zero-order valence-corrected chi connectivity index (χ0v) is 12.8. The first kappa shape index (κ1) is 16.2. The minimum Gasteiger partial charge on any atom is -0.457 e. The molecule has 0 aliphatic carbocycles. The Labute approximate surface area is 141 Å². The third-order valence-corrected chi connectivity index (χ3v) is 3.53. The highest BCUT2D eigenvalue weighted by Gasteiger charge is 2.20. The van der Waals surface area contributed by atoms with E-state index in [4.69, 9.17) is 19.9 Å². The number of nitro benzene ring substituents is 1. The molecule has 2 aromatic rings. The first-order valence-electron chi connectivity index (χ1n) is 7.09. The molecule has 3 rings (SSSR count). The van der Waals surface area contributed by atoms with Gasteiger partial charge in [-0.05, 0) is 30.3 Å². The normalized spacial score (nSPS) is 11.8. The first-order valence-corrected chi connectivity index (χ1v) is 7.09. The van der Waals surface area contributed by atoms with Gasteiger partial charge in [0, 0.05) is 11.6 Å². The zero-order valence-electron chi connectivity index (χ0n) is 12.8. The maximum Gasteiger partial charge on any atom is 0.338 e. The molecule has 0 aromatic heterocycles. The molecule has 1 heterocycles. The Bertz CT molecular complexity index is 879. The lowest BCUT2D eigenvalue weighted by Crippen LogP contribution is -2.12. The fourth-order valence-electron chi connectivity index (χ4n) is 2.26. The number of carbonyl (C=O) groups excluding carboxylic acids is 2. The highest BCUT2D eigenvalue weighted by molar-refractivity contribution is 5.93. The molecule has 0 spiro atoms. The van der Waals surface area contributed by atoms with E-state index < -0.39 is 16.8 Å². The highest BCUT2D eigenvalue weighted by atomic mass is 16.7. The molecule has 2 N–H and O–H groups in total. The maximum atomic E-state index is 12.1.